The number of hydrogen-bond acceptors (Lipinski definition) is 4. The van der Waals surface area contributed by atoms with E-state index in [9.17, 15) is 14.4 Å². The molecule has 1 aliphatic rings. The Hall–Kier alpha value is -2.63. The van der Waals surface area contributed by atoms with Gasteiger partial charge in [-0.3, -0.25) is 9.59 Å². The van der Waals surface area contributed by atoms with Crippen molar-refractivity contribution < 1.29 is 19.1 Å². The lowest BCUT2D eigenvalue weighted by Crippen LogP contribution is -2.36. The fraction of sp³-hybridized carbons (Fsp3) is 0.214. The van der Waals surface area contributed by atoms with Crippen LogP contribution >= 0.6 is 0 Å². The molecular weight excluding hydrogens is 260 g/mol. The molecule has 1 aromatic carbocycles. The SMILES string of the molecule is COC(=O)CN1C(=O)NC(=Cc2cccc(C)c2)C1=O. The summed E-state index contributed by atoms with van der Waals surface area (Å²) in [5.41, 5.74) is 1.99. The summed E-state index contributed by atoms with van der Waals surface area (Å²) in [6.45, 7) is 1.53. The molecule has 0 unspecified atom stereocenters. The first-order valence-corrected chi connectivity index (χ1v) is 5.99. The molecule has 0 saturated carbocycles. The first-order valence-electron chi connectivity index (χ1n) is 5.99. The van der Waals surface area contributed by atoms with E-state index in [-0.39, 0.29) is 5.70 Å². The minimum Gasteiger partial charge on any atom is -0.468 e. The highest BCUT2D eigenvalue weighted by molar-refractivity contribution is 6.15. The number of ether oxygens (including phenoxy) is 1. The summed E-state index contributed by atoms with van der Waals surface area (Å²) in [5, 5.41) is 2.44. The lowest BCUT2D eigenvalue weighted by Gasteiger charge is -2.08. The zero-order chi connectivity index (χ0) is 14.7. The topological polar surface area (TPSA) is 75.7 Å². The van der Waals surface area contributed by atoms with Crippen LogP contribution in [0.4, 0.5) is 4.79 Å². The molecule has 0 aliphatic carbocycles. The van der Waals surface area contributed by atoms with E-state index >= 15 is 0 Å². The van der Waals surface area contributed by atoms with Crippen LogP contribution in [-0.2, 0) is 14.3 Å². The highest BCUT2D eigenvalue weighted by atomic mass is 16.5. The van der Waals surface area contributed by atoms with E-state index in [0.29, 0.717) is 0 Å². The molecule has 3 amide bonds. The second-order valence-corrected chi connectivity index (χ2v) is 4.37. The van der Waals surface area contributed by atoms with Gasteiger partial charge in [0.05, 0.1) is 7.11 Å². The number of esters is 1. The number of hydrogen-bond donors (Lipinski definition) is 1. The monoisotopic (exact) mass is 274 g/mol. The van der Waals surface area contributed by atoms with E-state index in [2.05, 4.69) is 10.1 Å². The van der Waals surface area contributed by atoms with Crippen molar-refractivity contribution in [2.45, 2.75) is 6.92 Å². The predicted molar refractivity (Wildman–Crippen MR) is 71.4 cm³/mol. The largest absolute Gasteiger partial charge is 0.468 e. The quantitative estimate of drug-likeness (QED) is 0.508. The molecule has 104 valence electrons. The number of amides is 3. The van der Waals surface area contributed by atoms with E-state index in [0.717, 1.165) is 16.0 Å². The standard InChI is InChI=1S/C14H14N2O4/c1-9-4-3-5-10(6-9)7-11-13(18)16(14(19)15-11)8-12(17)20-2/h3-7H,8H2,1-2H3,(H,15,19). The van der Waals surface area contributed by atoms with Gasteiger partial charge in [0.15, 0.2) is 0 Å². The number of nitrogens with zero attached hydrogens (tertiary/aromatic N) is 1. The van der Waals surface area contributed by atoms with Gasteiger partial charge in [0.1, 0.15) is 12.2 Å². The summed E-state index contributed by atoms with van der Waals surface area (Å²) >= 11 is 0. The van der Waals surface area contributed by atoms with Crippen molar-refractivity contribution in [3.63, 3.8) is 0 Å². The summed E-state index contributed by atoms with van der Waals surface area (Å²) in [4.78, 5) is 35.6. The first kappa shape index (κ1) is 13.8. The molecule has 1 fully saturated rings. The van der Waals surface area contributed by atoms with Crippen molar-refractivity contribution in [3.05, 3.63) is 41.1 Å². The Bertz CT molecular complexity index is 607. The van der Waals surface area contributed by atoms with E-state index < -0.39 is 24.5 Å². The Morgan fingerprint density at radius 2 is 2.15 bits per heavy atom. The summed E-state index contributed by atoms with van der Waals surface area (Å²) in [6.07, 6.45) is 1.57. The van der Waals surface area contributed by atoms with Gasteiger partial charge in [-0.2, -0.15) is 0 Å². The molecule has 1 N–H and O–H groups in total. The Labute approximate surface area is 116 Å². The van der Waals surface area contributed by atoms with E-state index in [4.69, 9.17) is 0 Å². The molecule has 6 heteroatoms. The molecule has 0 spiro atoms. The normalized spacial score (nSPS) is 16.5. The number of aryl methyl sites for hydroxylation is 1. The maximum absolute atomic E-state index is 12.0. The van der Waals surface area contributed by atoms with Crippen molar-refractivity contribution in [2.24, 2.45) is 0 Å². The van der Waals surface area contributed by atoms with Gasteiger partial charge >= 0.3 is 12.0 Å². The number of methoxy groups -OCH3 is 1. The van der Waals surface area contributed by atoms with Crippen LogP contribution in [0.5, 0.6) is 0 Å². The second kappa shape index (κ2) is 5.56. The zero-order valence-electron chi connectivity index (χ0n) is 11.2. The van der Waals surface area contributed by atoms with Crippen LogP contribution in [0.3, 0.4) is 0 Å². The highest BCUT2D eigenvalue weighted by Gasteiger charge is 2.35. The molecule has 0 radical (unpaired) electrons. The van der Waals surface area contributed by atoms with Crippen molar-refractivity contribution in [1.82, 2.24) is 10.2 Å². The Kier molecular flexibility index (Phi) is 3.84. The van der Waals surface area contributed by atoms with Crippen molar-refractivity contribution in [1.29, 1.82) is 0 Å². The minimum atomic E-state index is -0.648. The number of imide groups is 1. The Balaban J connectivity index is 2.21. The fourth-order valence-electron chi connectivity index (χ4n) is 1.84. The molecule has 6 nitrogen and oxygen atoms in total. The molecule has 2 rings (SSSR count). The second-order valence-electron chi connectivity index (χ2n) is 4.37. The number of carbonyl (C=O) groups excluding carboxylic acids is 3. The third-order valence-corrected chi connectivity index (χ3v) is 2.83. The molecule has 1 saturated heterocycles. The lowest BCUT2D eigenvalue weighted by atomic mass is 10.1. The van der Waals surface area contributed by atoms with Crippen molar-refractivity contribution >= 4 is 24.0 Å². The van der Waals surface area contributed by atoms with Gasteiger partial charge in [0.25, 0.3) is 5.91 Å². The fourth-order valence-corrected chi connectivity index (χ4v) is 1.84. The molecular formula is C14H14N2O4. The summed E-state index contributed by atoms with van der Waals surface area (Å²) < 4.78 is 4.45. The van der Waals surface area contributed by atoms with Gasteiger partial charge in [-0.1, -0.05) is 29.8 Å². The molecule has 1 aromatic rings. The van der Waals surface area contributed by atoms with Gasteiger partial charge in [0.2, 0.25) is 0 Å². The van der Waals surface area contributed by atoms with Crippen LogP contribution in [0.1, 0.15) is 11.1 Å². The molecule has 0 atom stereocenters. The van der Waals surface area contributed by atoms with Gasteiger partial charge in [0, 0.05) is 0 Å². The van der Waals surface area contributed by atoms with Crippen LogP contribution in [-0.4, -0.2) is 36.5 Å². The summed E-state index contributed by atoms with van der Waals surface area (Å²) in [7, 11) is 1.20. The average Bonchev–Trinajstić information content (AvgIpc) is 2.66. The molecule has 20 heavy (non-hydrogen) atoms. The minimum absolute atomic E-state index is 0.143. The average molecular weight is 274 g/mol. The van der Waals surface area contributed by atoms with Gasteiger partial charge in [-0.25, -0.2) is 9.69 Å². The third-order valence-electron chi connectivity index (χ3n) is 2.83. The van der Waals surface area contributed by atoms with Gasteiger partial charge in [-0.05, 0) is 18.6 Å². The van der Waals surface area contributed by atoms with Gasteiger partial charge in [-0.15, -0.1) is 0 Å². The van der Waals surface area contributed by atoms with Crippen LogP contribution < -0.4 is 5.32 Å². The molecule has 1 heterocycles. The molecule has 1 aliphatic heterocycles. The molecule has 0 aromatic heterocycles. The third kappa shape index (κ3) is 2.85. The number of rotatable bonds is 3. The zero-order valence-corrected chi connectivity index (χ0v) is 11.2. The Morgan fingerprint density at radius 1 is 1.40 bits per heavy atom. The van der Waals surface area contributed by atoms with Crippen LogP contribution in [0.2, 0.25) is 0 Å². The van der Waals surface area contributed by atoms with Gasteiger partial charge < -0.3 is 10.1 Å². The van der Waals surface area contributed by atoms with E-state index in [1.54, 1.807) is 6.08 Å². The number of nitrogens with one attached hydrogen (secondary N) is 1. The van der Waals surface area contributed by atoms with Crippen LogP contribution in [0.15, 0.2) is 30.0 Å². The maximum atomic E-state index is 12.0. The summed E-state index contributed by atoms with van der Waals surface area (Å²) in [6, 6.07) is 6.87. The maximum Gasteiger partial charge on any atom is 0.329 e. The highest BCUT2D eigenvalue weighted by Crippen LogP contribution is 2.14. The number of carbonyl (C=O) groups is 3. The smallest absolute Gasteiger partial charge is 0.329 e. The first-order chi connectivity index (χ1) is 9.51. The number of benzene rings is 1. The van der Waals surface area contributed by atoms with Crippen LogP contribution in [0.25, 0.3) is 6.08 Å². The summed E-state index contributed by atoms with van der Waals surface area (Å²) in [5.74, 6) is -1.19. The Morgan fingerprint density at radius 3 is 2.80 bits per heavy atom. The number of urea groups is 1. The lowest BCUT2D eigenvalue weighted by molar-refractivity contribution is -0.143. The van der Waals surface area contributed by atoms with E-state index in [1.165, 1.54) is 7.11 Å². The van der Waals surface area contributed by atoms with Crippen molar-refractivity contribution in [2.75, 3.05) is 13.7 Å². The van der Waals surface area contributed by atoms with Crippen molar-refractivity contribution in [3.8, 4) is 0 Å². The predicted octanol–water partition coefficient (Wildman–Crippen LogP) is 1.06. The molecule has 0 bridgehead atoms. The van der Waals surface area contributed by atoms with E-state index in [1.807, 2.05) is 31.2 Å². The van der Waals surface area contributed by atoms with Crippen LogP contribution in [0, 0.1) is 6.92 Å².